The molecule has 0 aromatic heterocycles. The van der Waals surface area contributed by atoms with E-state index in [1.54, 1.807) is 0 Å². The minimum atomic E-state index is -0.557. The second-order valence-corrected chi connectivity index (χ2v) is 6.63. The largest absolute Gasteiger partial charge is 0.462 e. The lowest BCUT2D eigenvalue weighted by molar-refractivity contribution is -0.140. The van der Waals surface area contributed by atoms with Crippen molar-refractivity contribution in [2.24, 2.45) is 5.73 Å². The molecule has 0 spiro atoms. The van der Waals surface area contributed by atoms with Gasteiger partial charge < -0.3 is 10.5 Å². The minimum Gasteiger partial charge on any atom is -0.462 e. The molecule has 0 aliphatic heterocycles. The molecule has 0 bridgehead atoms. The van der Waals surface area contributed by atoms with Crippen LogP contribution in [0.4, 0.5) is 0 Å². The Kier molecular flexibility index (Phi) is 15.6. The fourth-order valence-corrected chi connectivity index (χ4v) is 2.67. The molecule has 0 aliphatic rings. The maximum absolute atomic E-state index is 11.5. The molecule has 2 N–H and O–H groups in total. The van der Waals surface area contributed by atoms with Gasteiger partial charge in [0.25, 0.3) is 0 Å². The summed E-state index contributed by atoms with van der Waals surface area (Å²) in [6, 6.07) is 0. The van der Waals surface area contributed by atoms with E-state index in [0.29, 0.717) is 6.61 Å². The molecule has 140 valence electrons. The molecule has 0 saturated carbocycles. The summed E-state index contributed by atoms with van der Waals surface area (Å²) in [4.78, 5) is 22.1. The summed E-state index contributed by atoms with van der Waals surface area (Å²) in [5, 5.41) is 0. The summed E-state index contributed by atoms with van der Waals surface area (Å²) in [5.41, 5.74) is 5.14. The summed E-state index contributed by atoms with van der Waals surface area (Å²) >= 11 is 0. The van der Waals surface area contributed by atoms with Crippen LogP contribution in [0.25, 0.3) is 0 Å². The van der Waals surface area contributed by atoms with Crippen molar-refractivity contribution < 1.29 is 14.3 Å². The molecule has 0 saturated heterocycles. The van der Waals surface area contributed by atoms with Crippen LogP contribution in [0.15, 0.2) is 12.2 Å². The zero-order valence-corrected chi connectivity index (χ0v) is 15.6. The molecule has 0 rings (SSSR count). The third kappa shape index (κ3) is 15.6. The van der Waals surface area contributed by atoms with Crippen molar-refractivity contribution in [3.8, 4) is 0 Å². The van der Waals surface area contributed by atoms with Crippen LogP contribution in [0.2, 0.25) is 0 Å². The molecule has 0 aliphatic carbocycles. The van der Waals surface area contributed by atoms with Crippen molar-refractivity contribution in [1.29, 1.82) is 0 Å². The fourth-order valence-electron chi connectivity index (χ4n) is 2.67. The molecule has 0 atom stereocenters. The highest BCUT2D eigenvalue weighted by molar-refractivity contribution is 5.94. The zero-order valence-electron chi connectivity index (χ0n) is 15.6. The van der Waals surface area contributed by atoms with Crippen molar-refractivity contribution in [1.82, 2.24) is 0 Å². The van der Waals surface area contributed by atoms with Gasteiger partial charge >= 0.3 is 5.97 Å². The smallest absolute Gasteiger partial charge is 0.333 e. The molecule has 4 heteroatoms. The average molecular weight is 340 g/mol. The van der Waals surface area contributed by atoms with Gasteiger partial charge in [0.15, 0.2) is 0 Å². The Balaban J connectivity index is 3.24. The number of carbonyl (C=O) groups is 2. The van der Waals surface area contributed by atoms with Crippen LogP contribution >= 0.6 is 0 Å². The first-order chi connectivity index (χ1) is 11.6. The summed E-state index contributed by atoms with van der Waals surface area (Å²) in [7, 11) is 0. The van der Waals surface area contributed by atoms with Crippen molar-refractivity contribution >= 4 is 11.9 Å². The normalized spacial score (nSPS) is 10.5. The van der Waals surface area contributed by atoms with Gasteiger partial charge in [0.1, 0.15) is 0 Å². The molecule has 0 aromatic rings. The second kappa shape index (κ2) is 16.5. The number of hydrogen-bond acceptors (Lipinski definition) is 3. The molecule has 24 heavy (non-hydrogen) atoms. The van der Waals surface area contributed by atoms with Crippen molar-refractivity contribution in [2.45, 2.75) is 96.8 Å². The van der Waals surface area contributed by atoms with Crippen LogP contribution in [-0.4, -0.2) is 18.5 Å². The van der Waals surface area contributed by atoms with Crippen molar-refractivity contribution in [3.05, 3.63) is 12.2 Å². The van der Waals surface area contributed by atoms with Crippen LogP contribution in [-0.2, 0) is 14.3 Å². The molecule has 0 heterocycles. The molecule has 0 radical (unpaired) electrons. The molecule has 0 fully saturated rings. The van der Waals surface area contributed by atoms with Crippen LogP contribution in [0, 0.1) is 0 Å². The number of carbonyl (C=O) groups excluding carboxylic acids is 2. The molecular weight excluding hydrogens is 302 g/mol. The Morgan fingerprint density at radius 1 is 0.792 bits per heavy atom. The zero-order chi connectivity index (χ0) is 18.0. The lowest BCUT2D eigenvalue weighted by atomic mass is 10.0. The van der Waals surface area contributed by atoms with E-state index in [1.165, 1.54) is 70.6 Å². The first-order valence-corrected chi connectivity index (χ1v) is 9.71. The molecule has 0 aromatic carbocycles. The van der Waals surface area contributed by atoms with Crippen LogP contribution in [0.5, 0.6) is 0 Å². The highest BCUT2D eigenvalue weighted by Crippen LogP contribution is 2.12. The van der Waals surface area contributed by atoms with E-state index in [-0.39, 0.29) is 12.0 Å². The van der Waals surface area contributed by atoms with Gasteiger partial charge in [-0.25, -0.2) is 4.79 Å². The summed E-state index contributed by atoms with van der Waals surface area (Å²) in [5.74, 6) is -1.06. The fraction of sp³-hybridized carbons (Fsp3) is 0.800. The number of rotatable bonds is 17. The number of amides is 1. The topological polar surface area (TPSA) is 69.4 Å². The van der Waals surface area contributed by atoms with E-state index in [0.717, 1.165) is 12.8 Å². The maximum Gasteiger partial charge on any atom is 0.333 e. The lowest BCUT2D eigenvalue weighted by Gasteiger charge is -2.06. The van der Waals surface area contributed by atoms with Gasteiger partial charge in [0, 0.05) is 5.57 Å². The predicted molar refractivity (Wildman–Crippen MR) is 99.6 cm³/mol. The van der Waals surface area contributed by atoms with E-state index < -0.39 is 11.9 Å². The monoisotopic (exact) mass is 339 g/mol. The van der Waals surface area contributed by atoms with Gasteiger partial charge in [-0.2, -0.15) is 0 Å². The Labute approximate surface area is 148 Å². The van der Waals surface area contributed by atoms with Gasteiger partial charge in [-0.15, -0.1) is 0 Å². The van der Waals surface area contributed by atoms with E-state index >= 15 is 0 Å². The number of esters is 1. The van der Waals surface area contributed by atoms with E-state index in [4.69, 9.17) is 10.5 Å². The van der Waals surface area contributed by atoms with E-state index in [2.05, 4.69) is 13.5 Å². The summed E-state index contributed by atoms with van der Waals surface area (Å²) in [6.45, 7) is 6.16. The highest BCUT2D eigenvalue weighted by Gasteiger charge is 2.10. The van der Waals surface area contributed by atoms with Gasteiger partial charge in [0.2, 0.25) is 5.91 Å². The number of primary amides is 1. The van der Waals surface area contributed by atoms with E-state index in [1.807, 2.05) is 0 Å². The molecule has 1 amide bonds. The van der Waals surface area contributed by atoms with Crippen molar-refractivity contribution in [2.75, 3.05) is 6.61 Å². The number of hydrogen-bond donors (Lipinski definition) is 1. The minimum absolute atomic E-state index is 0.128. The Bertz CT molecular complexity index is 353. The quantitative estimate of drug-likeness (QED) is 0.229. The van der Waals surface area contributed by atoms with Gasteiger partial charge in [0.05, 0.1) is 13.0 Å². The Hall–Kier alpha value is -1.32. The lowest BCUT2D eigenvalue weighted by Crippen LogP contribution is -2.16. The summed E-state index contributed by atoms with van der Waals surface area (Å²) in [6.07, 6.45) is 16.6. The van der Waals surface area contributed by atoms with Crippen LogP contribution < -0.4 is 5.73 Å². The maximum atomic E-state index is 11.5. The van der Waals surface area contributed by atoms with Crippen molar-refractivity contribution in [3.63, 3.8) is 0 Å². The highest BCUT2D eigenvalue weighted by atomic mass is 16.5. The SMILES string of the molecule is C=C(CC(N)=O)C(=O)OCCCCCCCCCCCCCCC. The van der Waals surface area contributed by atoms with Gasteiger partial charge in [-0.1, -0.05) is 90.6 Å². The summed E-state index contributed by atoms with van der Waals surface area (Å²) < 4.78 is 5.06. The molecular formula is C20H37NO3. The van der Waals surface area contributed by atoms with Gasteiger partial charge in [-0.3, -0.25) is 4.79 Å². The second-order valence-electron chi connectivity index (χ2n) is 6.63. The van der Waals surface area contributed by atoms with E-state index in [9.17, 15) is 9.59 Å². The third-order valence-corrected chi connectivity index (χ3v) is 4.16. The first kappa shape index (κ1) is 22.7. The number of ether oxygens (including phenoxy) is 1. The number of unbranched alkanes of at least 4 members (excludes halogenated alkanes) is 12. The van der Waals surface area contributed by atoms with Crippen LogP contribution in [0.3, 0.4) is 0 Å². The Morgan fingerprint density at radius 3 is 1.62 bits per heavy atom. The van der Waals surface area contributed by atoms with Gasteiger partial charge in [-0.05, 0) is 6.42 Å². The number of nitrogens with two attached hydrogens (primary N) is 1. The molecule has 4 nitrogen and oxygen atoms in total. The molecule has 0 unspecified atom stereocenters. The van der Waals surface area contributed by atoms with Crippen LogP contribution in [0.1, 0.15) is 96.8 Å². The third-order valence-electron chi connectivity index (χ3n) is 4.16. The Morgan fingerprint density at radius 2 is 1.21 bits per heavy atom. The standard InChI is InChI=1S/C20H37NO3/c1-3-4-5-6-7-8-9-10-11-12-13-14-15-16-24-20(23)18(2)17-19(21)22/h2-17H2,1H3,(H2,21,22). The predicted octanol–water partition coefficient (Wildman–Crippen LogP) is 5.05. The average Bonchev–Trinajstić information content (AvgIpc) is 2.54. The first-order valence-electron chi connectivity index (χ1n) is 9.71.